The van der Waals surface area contributed by atoms with Gasteiger partial charge < -0.3 is 14.2 Å². The first-order valence-corrected chi connectivity index (χ1v) is 14.9. The quantitative estimate of drug-likeness (QED) is 0.224. The summed E-state index contributed by atoms with van der Waals surface area (Å²) in [5, 5.41) is 0. The first kappa shape index (κ1) is 30.5. The fourth-order valence-electron chi connectivity index (χ4n) is 8.34. The Kier molecular flexibility index (Phi) is 8.18. The molecule has 8 atom stereocenters. The summed E-state index contributed by atoms with van der Waals surface area (Å²) in [7, 11) is 0. The van der Waals surface area contributed by atoms with E-state index in [0.29, 0.717) is 19.3 Å². The van der Waals surface area contributed by atoms with E-state index in [1.807, 2.05) is 26.8 Å². The smallest absolute Gasteiger partial charge is 0.306 e. The van der Waals surface area contributed by atoms with Crippen LogP contribution in [-0.2, 0) is 38.2 Å². The lowest BCUT2D eigenvalue weighted by atomic mass is 9.45. The van der Waals surface area contributed by atoms with Crippen molar-refractivity contribution in [1.82, 2.24) is 0 Å². The monoisotopic (exact) mass is 576 g/mol. The molecule has 0 aliphatic heterocycles. The summed E-state index contributed by atoms with van der Waals surface area (Å²) < 4.78 is 17.6. The third-order valence-electron chi connectivity index (χ3n) is 10.3. The molecule has 0 aromatic heterocycles. The maximum absolute atomic E-state index is 14.1. The third-order valence-corrected chi connectivity index (χ3v) is 11.3. The highest BCUT2D eigenvalue weighted by molar-refractivity contribution is 6.26. The van der Waals surface area contributed by atoms with Gasteiger partial charge in [0.2, 0.25) is 5.78 Å². The normalized spacial score (nSPS) is 39.8. The van der Waals surface area contributed by atoms with E-state index in [-0.39, 0.29) is 43.3 Å². The standard InChI is InChI=1S/C31H41ClO8/c1-7-25(35)38-17-23(34)31(40-27(37)9-3)18(4)14-22-21-11-10-19-15-20(33)12-13-28(19,5)30(21,32)24(16-29(22,31)6)39-26(36)8-2/h12-13,15,18,21-22,24H,7-11,14,16-17H2,1-6H3/t18-,21-,22-,24-,28-,29-,30?,31-/m0/s1. The molecule has 9 heteroatoms. The Balaban J connectivity index is 1.88. The van der Waals surface area contributed by atoms with E-state index in [0.717, 1.165) is 5.57 Å². The molecule has 0 amide bonds. The number of carbonyl (C=O) groups excluding carboxylic acids is 5. The second-order valence-electron chi connectivity index (χ2n) is 12.2. The van der Waals surface area contributed by atoms with Crippen molar-refractivity contribution < 1.29 is 38.2 Å². The molecule has 40 heavy (non-hydrogen) atoms. The topological polar surface area (TPSA) is 113 Å². The molecule has 0 radical (unpaired) electrons. The van der Waals surface area contributed by atoms with Gasteiger partial charge >= 0.3 is 17.9 Å². The van der Waals surface area contributed by atoms with Crippen LogP contribution in [0.1, 0.15) is 86.5 Å². The Morgan fingerprint density at radius 2 is 1.65 bits per heavy atom. The molecule has 0 heterocycles. The van der Waals surface area contributed by atoms with Gasteiger partial charge in [-0.1, -0.05) is 53.2 Å². The van der Waals surface area contributed by atoms with Crippen molar-refractivity contribution >= 4 is 41.1 Å². The van der Waals surface area contributed by atoms with Crippen LogP contribution in [0.3, 0.4) is 0 Å². The second kappa shape index (κ2) is 10.7. The van der Waals surface area contributed by atoms with Crippen LogP contribution in [-0.4, -0.2) is 52.7 Å². The molecule has 0 N–H and O–H groups in total. The third kappa shape index (κ3) is 4.27. The van der Waals surface area contributed by atoms with E-state index in [9.17, 15) is 24.0 Å². The molecule has 1 unspecified atom stereocenters. The molecule has 4 rings (SSSR count). The average molecular weight is 577 g/mol. The van der Waals surface area contributed by atoms with Gasteiger partial charge in [-0.25, -0.2) is 0 Å². The number of hydrogen-bond acceptors (Lipinski definition) is 8. The number of carbonyl (C=O) groups is 5. The maximum Gasteiger partial charge on any atom is 0.306 e. The SMILES string of the molecule is CCC(=O)OCC(=O)[C@@]1(OC(=O)CC)[C@@H](C)C[C@H]2[C@@H]3CCC4=CC(=O)C=C[C@]4(C)C3(Cl)[C@@H](OC(=O)CC)C[C@@]21C. The molecule has 0 spiro atoms. The summed E-state index contributed by atoms with van der Waals surface area (Å²) >= 11 is 7.77. The molecular weight excluding hydrogens is 536 g/mol. The van der Waals surface area contributed by atoms with Gasteiger partial charge in [-0.05, 0) is 49.7 Å². The number of alkyl halides is 1. The van der Waals surface area contributed by atoms with E-state index in [4.69, 9.17) is 25.8 Å². The van der Waals surface area contributed by atoms with Gasteiger partial charge in [0, 0.05) is 36.0 Å². The zero-order valence-corrected chi connectivity index (χ0v) is 25.1. The van der Waals surface area contributed by atoms with Gasteiger partial charge in [-0.15, -0.1) is 11.6 Å². The summed E-state index contributed by atoms with van der Waals surface area (Å²) in [6.07, 6.45) is 6.46. The molecule has 0 aromatic carbocycles. The number of halogens is 1. The zero-order valence-electron chi connectivity index (χ0n) is 24.3. The molecule has 0 saturated heterocycles. The Hall–Kier alpha value is -2.48. The van der Waals surface area contributed by atoms with Crippen molar-refractivity contribution in [2.45, 2.75) is 103 Å². The van der Waals surface area contributed by atoms with Crippen LogP contribution in [0.2, 0.25) is 0 Å². The second-order valence-corrected chi connectivity index (χ2v) is 12.8. The lowest BCUT2D eigenvalue weighted by Crippen LogP contribution is -2.70. The molecule has 0 aromatic rings. The van der Waals surface area contributed by atoms with Crippen molar-refractivity contribution in [3.63, 3.8) is 0 Å². The molecule has 4 aliphatic carbocycles. The Bertz CT molecular complexity index is 1170. The number of ketones is 2. The van der Waals surface area contributed by atoms with Gasteiger partial charge in [0.1, 0.15) is 6.10 Å². The van der Waals surface area contributed by atoms with Crippen LogP contribution in [0.25, 0.3) is 0 Å². The zero-order chi connectivity index (χ0) is 29.7. The molecule has 8 nitrogen and oxygen atoms in total. The first-order valence-electron chi connectivity index (χ1n) is 14.5. The van der Waals surface area contributed by atoms with E-state index in [2.05, 4.69) is 0 Å². The predicted molar refractivity (Wildman–Crippen MR) is 147 cm³/mol. The Labute approximate surface area is 241 Å². The molecular formula is C31H41ClO8. The molecule has 4 aliphatic rings. The Morgan fingerprint density at radius 3 is 2.27 bits per heavy atom. The molecule has 3 saturated carbocycles. The highest BCUT2D eigenvalue weighted by atomic mass is 35.5. The molecule has 3 fully saturated rings. The summed E-state index contributed by atoms with van der Waals surface area (Å²) in [6, 6.07) is 0. The largest absolute Gasteiger partial charge is 0.460 e. The minimum atomic E-state index is -1.59. The Morgan fingerprint density at radius 1 is 1.00 bits per heavy atom. The minimum absolute atomic E-state index is 0.0689. The fraction of sp³-hybridized carbons (Fsp3) is 0.710. The fourth-order valence-corrected chi connectivity index (χ4v) is 8.91. The van der Waals surface area contributed by atoms with Gasteiger partial charge in [0.05, 0.1) is 4.87 Å². The van der Waals surface area contributed by atoms with Crippen molar-refractivity contribution in [2.75, 3.05) is 6.61 Å². The summed E-state index contributed by atoms with van der Waals surface area (Å²) in [5.41, 5.74) is -2.41. The number of rotatable bonds is 8. The van der Waals surface area contributed by atoms with E-state index in [1.54, 1.807) is 26.8 Å². The van der Waals surface area contributed by atoms with Crippen LogP contribution in [0.15, 0.2) is 23.8 Å². The summed E-state index contributed by atoms with van der Waals surface area (Å²) in [5.74, 6) is -2.83. The maximum atomic E-state index is 14.1. The van der Waals surface area contributed by atoms with Crippen LogP contribution >= 0.6 is 11.6 Å². The van der Waals surface area contributed by atoms with Crippen molar-refractivity contribution in [1.29, 1.82) is 0 Å². The van der Waals surface area contributed by atoms with Gasteiger partial charge in [-0.2, -0.15) is 0 Å². The van der Waals surface area contributed by atoms with Gasteiger partial charge in [-0.3, -0.25) is 24.0 Å². The summed E-state index contributed by atoms with van der Waals surface area (Å²) in [6.45, 7) is 10.3. The predicted octanol–water partition coefficient (Wildman–Crippen LogP) is 5.05. The van der Waals surface area contributed by atoms with E-state index < -0.39 is 63.6 Å². The van der Waals surface area contributed by atoms with Crippen molar-refractivity contribution in [2.24, 2.45) is 28.6 Å². The molecule has 0 bridgehead atoms. The van der Waals surface area contributed by atoms with Crippen molar-refractivity contribution in [3.05, 3.63) is 23.8 Å². The van der Waals surface area contributed by atoms with Crippen LogP contribution in [0, 0.1) is 28.6 Å². The van der Waals surface area contributed by atoms with Crippen LogP contribution < -0.4 is 0 Å². The summed E-state index contributed by atoms with van der Waals surface area (Å²) in [4.78, 5) is 63.1. The minimum Gasteiger partial charge on any atom is -0.460 e. The highest BCUT2D eigenvalue weighted by Crippen LogP contribution is 2.72. The van der Waals surface area contributed by atoms with Crippen LogP contribution in [0.4, 0.5) is 0 Å². The lowest BCUT2D eigenvalue weighted by molar-refractivity contribution is -0.208. The van der Waals surface area contributed by atoms with E-state index >= 15 is 0 Å². The number of fused-ring (bicyclic) bond motifs is 5. The van der Waals surface area contributed by atoms with Gasteiger partial charge in [0.25, 0.3) is 0 Å². The number of esters is 3. The number of allylic oxidation sites excluding steroid dienone is 4. The number of Topliss-reactive ketones (excluding diaryl/α,β-unsaturated/α-hetero) is 1. The van der Waals surface area contributed by atoms with Crippen molar-refractivity contribution in [3.8, 4) is 0 Å². The first-order chi connectivity index (χ1) is 18.7. The number of hydrogen-bond donors (Lipinski definition) is 0. The average Bonchev–Trinajstić information content (AvgIpc) is 3.14. The van der Waals surface area contributed by atoms with Gasteiger partial charge in [0.15, 0.2) is 18.0 Å². The number of ether oxygens (including phenoxy) is 3. The lowest BCUT2D eigenvalue weighted by Gasteiger charge is -2.64. The van der Waals surface area contributed by atoms with E-state index in [1.165, 1.54) is 6.08 Å². The highest BCUT2D eigenvalue weighted by Gasteiger charge is 2.77. The van der Waals surface area contributed by atoms with Crippen LogP contribution in [0.5, 0.6) is 0 Å². The molecule has 220 valence electrons.